The Morgan fingerprint density at radius 2 is 1.87 bits per heavy atom. The summed E-state index contributed by atoms with van der Waals surface area (Å²) in [5.74, 6) is -0.299. The average molecular weight is 390 g/mol. The lowest BCUT2D eigenvalue weighted by Gasteiger charge is -2.04. The zero-order chi connectivity index (χ0) is 16.2. The molecule has 2 aromatic carbocycles. The van der Waals surface area contributed by atoms with Crippen molar-refractivity contribution in [3.05, 3.63) is 74.6 Å². The highest BCUT2D eigenvalue weighted by molar-refractivity contribution is 9.10. The summed E-state index contributed by atoms with van der Waals surface area (Å²) in [4.78, 5) is 4.98. The lowest BCUT2D eigenvalue weighted by Crippen LogP contribution is -2.11. The van der Waals surface area contributed by atoms with Crippen LogP contribution < -0.4 is 4.80 Å². The average Bonchev–Trinajstić information content (AvgIpc) is 2.98. The molecule has 0 amide bonds. The van der Waals surface area contributed by atoms with E-state index in [2.05, 4.69) is 26.0 Å². The SMILES string of the molecule is CN=c1scc(-c2ccc(Br)cc2)n1/N=C\c1ccccc1F. The Balaban J connectivity index is 2.06. The van der Waals surface area contributed by atoms with Crippen LogP contribution in [-0.4, -0.2) is 17.9 Å². The largest absolute Gasteiger partial charge is 0.261 e. The fourth-order valence-electron chi connectivity index (χ4n) is 2.08. The minimum absolute atomic E-state index is 0.299. The second-order valence-corrected chi connectivity index (χ2v) is 6.46. The number of thiazole rings is 1. The molecule has 0 saturated carbocycles. The summed E-state index contributed by atoms with van der Waals surface area (Å²) in [5.41, 5.74) is 2.37. The first-order valence-electron chi connectivity index (χ1n) is 6.87. The third-order valence-electron chi connectivity index (χ3n) is 3.23. The van der Waals surface area contributed by atoms with Crippen molar-refractivity contribution in [1.82, 2.24) is 4.68 Å². The Labute approximate surface area is 145 Å². The molecule has 3 rings (SSSR count). The smallest absolute Gasteiger partial charge is 0.205 e. The topological polar surface area (TPSA) is 29.6 Å². The van der Waals surface area contributed by atoms with Crippen LogP contribution in [0.3, 0.4) is 0 Å². The fraction of sp³-hybridized carbons (Fsp3) is 0.0588. The van der Waals surface area contributed by atoms with Gasteiger partial charge in [-0.15, -0.1) is 11.3 Å². The third-order valence-corrected chi connectivity index (χ3v) is 4.67. The molecule has 0 aliphatic carbocycles. The quantitative estimate of drug-likeness (QED) is 0.589. The molecule has 0 aliphatic heterocycles. The van der Waals surface area contributed by atoms with E-state index < -0.39 is 0 Å². The Hall–Kier alpha value is -2.05. The Kier molecular flexibility index (Phi) is 4.83. The van der Waals surface area contributed by atoms with Crippen LogP contribution in [0.15, 0.2) is 68.5 Å². The number of rotatable bonds is 3. The lowest BCUT2D eigenvalue weighted by molar-refractivity contribution is 0.625. The number of nitrogens with zero attached hydrogens (tertiary/aromatic N) is 3. The van der Waals surface area contributed by atoms with Gasteiger partial charge < -0.3 is 0 Å². The maximum atomic E-state index is 13.7. The summed E-state index contributed by atoms with van der Waals surface area (Å²) in [5, 5.41) is 6.41. The van der Waals surface area contributed by atoms with Crippen molar-refractivity contribution in [2.75, 3.05) is 7.05 Å². The van der Waals surface area contributed by atoms with Crippen molar-refractivity contribution in [1.29, 1.82) is 0 Å². The van der Waals surface area contributed by atoms with Crippen LogP contribution in [0.4, 0.5) is 4.39 Å². The molecule has 0 radical (unpaired) electrons. The number of halogens is 2. The normalized spacial score (nSPS) is 12.2. The zero-order valence-electron chi connectivity index (χ0n) is 12.3. The first-order chi connectivity index (χ1) is 11.2. The van der Waals surface area contributed by atoms with E-state index in [1.807, 2.05) is 29.6 Å². The van der Waals surface area contributed by atoms with Gasteiger partial charge in [-0.25, -0.2) is 9.07 Å². The van der Waals surface area contributed by atoms with Crippen LogP contribution in [0.5, 0.6) is 0 Å². The third kappa shape index (κ3) is 3.48. The Bertz CT molecular complexity index is 910. The van der Waals surface area contributed by atoms with E-state index in [0.717, 1.165) is 20.5 Å². The van der Waals surface area contributed by atoms with Crippen LogP contribution in [0.2, 0.25) is 0 Å². The van der Waals surface area contributed by atoms with Crippen LogP contribution in [-0.2, 0) is 0 Å². The van der Waals surface area contributed by atoms with Gasteiger partial charge in [0.1, 0.15) is 5.82 Å². The number of hydrogen-bond acceptors (Lipinski definition) is 3. The summed E-state index contributed by atoms with van der Waals surface area (Å²) in [6.45, 7) is 0. The minimum atomic E-state index is -0.299. The molecule has 3 nitrogen and oxygen atoms in total. The van der Waals surface area contributed by atoms with E-state index in [-0.39, 0.29) is 5.82 Å². The van der Waals surface area contributed by atoms with Gasteiger partial charge in [0.05, 0.1) is 11.9 Å². The molecule has 0 aliphatic rings. The van der Waals surface area contributed by atoms with E-state index in [1.165, 1.54) is 23.6 Å². The second kappa shape index (κ2) is 7.02. The van der Waals surface area contributed by atoms with Crippen molar-refractivity contribution >= 4 is 33.5 Å². The van der Waals surface area contributed by atoms with Crippen molar-refractivity contribution in [2.45, 2.75) is 0 Å². The molecule has 0 bridgehead atoms. The molecule has 0 atom stereocenters. The first kappa shape index (κ1) is 15.8. The van der Waals surface area contributed by atoms with Gasteiger partial charge in [-0.1, -0.05) is 46.3 Å². The number of hydrogen-bond donors (Lipinski definition) is 0. The maximum absolute atomic E-state index is 13.7. The molecular weight excluding hydrogens is 377 g/mol. The van der Waals surface area contributed by atoms with Gasteiger partial charge in [0, 0.05) is 28.0 Å². The number of benzene rings is 2. The van der Waals surface area contributed by atoms with E-state index in [4.69, 9.17) is 0 Å². The molecule has 0 saturated heterocycles. The lowest BCUT2D eigenvalue weighted by atomic mass is 10.2. The van der Waals surface area contributed by atoms with E-state index in [9.17, 15) is 4.39 Å². The molecule has 3 aromatic rings. The van der Waals surface area contributed by atoms with Crippen LogP contribution in [0.1, 0.15) is 5.56 Å². The molecule has 0 unspecified atom stereocenters. The van der Waals surface area contributed by atoms with E-state index in [0.29, 0.717) is 5.56 Å². The Morgan fingerprint density at radius 1 is 1.13 bits per heavy atom. The standard InChI is InChI=1S/C17H13BrFN3S/c1-20-17-22(21-10-13-4-2-3-5-15(13)19)16(11-23-17)12-6-8-14(18)9-7-12/h2-11H,1H3/b20-17?,21-10-. The molecule has 0 spiro atoms. The van der Waals surface area contributed by atoms with Crippen LogP contribution in [0, 0.1) is 5.82 Å². The van der Waals surface area contributed by atoms with Gasteiger partial charge in [0.15, 0.2) is 0 Å². The monoisotopic (exact) mass is 389 g/mol. The summed E-state index contributed by atoms with van der Waals surface area (Å²) in [7, 11) is 1.71. The number of aromatic nitrogens is 1. The summed E-state index contributed by atoms with van der Waals surface area (Å²) < 4.78 is 16.5. The molecule has 1 heterocycles. The van der Waals surface area contributed by atoms with E-state index >= 15 is 0 Å². The highest BCUT2D eigenvalue weighted by atomic mass is 79.9. The maximum Gasteiger partial charge on any atom is 0.205 e. The van der Waals surface area contributed by atoms with Crippen molar-refractivity contribution in [3.8, 4) is 11.3 Å². The van der Waals surface area contributed by atoms with E-state index in [1.54, 1.807) is 29.9 Å². The van der Waals surface area contributed by atoms with Crippen molar-refractivity contribution in [3.63, 3.8) is 0 Å². The molecule has 23 heavy (non-hydrogen) atoms. The van der Waals surface area contributed by atoms with Gasteiger partial charge in [-0.2, -0.15) is 5.10 Å². The second-order valence-electron chi connectivity index (χ2n) is 4.71. The van der Waals surface area contributed by atoms with Gasteiger partial charge in [0.2, 0.25) is 4.80 Å². The minimum Gasteiger partial charge on any atom is -0.261 e. The molecule has 0 N–H and O–H groups in total. The van der Waals surface area contributed by atoms with Gasteiger partial charge in [0.25, 0.3) is 0 Å². The van der Waals surface area contributed by atoms with Crippen LogP contribution in [0.25, 0.3) is 11.3 Å². The van der Waals surface area contributed by atoms with Crippen molar-refractivity contribution in [2.24, 2.45) is 10.1 Å². The van der Waals surface area contributed by atoms with Gasteiger partial charge >= 0.3 is 0 Å². The molecule has 6 heteroatoms. The fourth-order valence-corrected chi connectivity index (χ4v) is 3.15. The highest BCUT2D eigenvalue weighted by Crippen LogP contribution is 2.22. The van der Waals surface area contributed by atoms with Crippen molar-refractivity contribution < 1.29 is 4.39 Å². The van der Waals surface area contributed by atoms with Gasteiger partial charge in [-0.3, -0.25) is 4.99 Å². The molecule has 116 valence electrons. The molecule has 1 aromatic heterocycles. The molecule has 0 fully saturated rings. The highest BCUT2D eigenvalue weighted by Gasteiger charge is 2.07. The summed E-state index contributed by atoms with van der Waals surface area (Å²) in [6, 6.07) is 14.5. The summed E-state index contributed by atoms with van der Waals surface area (Å²) >= 11 is 4.92. The Morgan fingerprint density at radius 3 is 2.57 bits per heavy atom. The van der Waals surface area contributed by atoms with Crippen LogP contribution >= 0.6 is 27.3 Å². The predicted molar refractivity (Wildman–Crippen MR) is 96.3 cm³/mol. The summed E-state index contributed by atoms with van der Waals surface area (Å²) in [6.07, 6.45) is 1.51. The molecular formula is C17H13BrFN3S. The zero-order valence-corrected chi connectivity index (χ0v) is 14.7. The first-order valence-corrected chi connectivity index (χ1v) is 8.54. The van der Waals surface area contributed by atoms with Gasteiger partial charge in [-0.05, 0) is 18.2 Å². The predicted octanol–water partition coefficient (Wildman–Crippen LogP) is 4.53.